The summed E-state index contributed by atoms with van der Waals surface area (Å²) < 4.78 is 18.8. The Morgan fingerprint density at radius 2 is 1.72 bits per heavy atom. The molecule has 36 heavy (non-hydrogen) atoms. The molecule has 0 unspecified atom stereocenters. The summed E-state index contributed by atoms with van der Waals surface area (Å²) in [6.45, 7) is 1.64. The molecule has 1 aromatic heterocycles. The van der Waals surface area contributed by atoms with Crippen molar-refractivity contribution in [3.63, 3.8) is 0 Å². The molecule has 0 aliphatic rings. The van der Waals surface area contributed by atoms with E-state index in [9.17, 15) is 24.1 Å². The van der Waals surface area contributed by atoms with E-state index in [-0.39, 0.29) is 22.5 Å². The van der Waals surface area contributed by atoms with Crippen LogP contribution in [0.4, 0.5) is 15.8 Å². The summed E-state index contributed by atoms with van der Waals surface area (Å²) in [5, 5.41) is 17.7. The second-order valence-electron chi connectivity index (χ2n) is 7.61. The van der Waals surface area contributed by atoms with Gasteiger partial charge in [0.1, 0.15) is 17.3 Å². The highest BCUT2D eigenvalue weighted by atomic mass is 19.1. The Kier molecular flexibility index (Phi) is 6.96. The Morgan fingerprint density at radius 1 is 0.972 bits per heavy atom. The summed E-state index contributed by atoms with van der Waals surface area (Å²) in [7, 11) is 0. The van der Waals surface area contributed by atoms with Crippen molar-refractivity contribution in [1.29, 1.82) is 0 Å². The average molecular weight is 486 g/mol. The molecule has 2 amide bonds. The zero-order valence-electron chi connectivity index (χ0n) is 18.9. The third-order valence-corrected chi connectivity index (χ3v) is 5.28. The van der Waals surface area contributed by atoms with Crippen LogP contribution in [0.2, 0.25) is 0 Å². The number of hydrogen-bond donors (Lipinski definition) is 2. The molecule has 3 aromatic carbocycles. The van der Waals surface area contributed by atoms with Crippen molar-refractivity contribution in [3.05, 3.63) is 117 Å². The van der Waals surface area contributed by atoms with Gasteiger partial charge in [0.25, 0.3) is 17.5 Å². The first-order valence-electron chi connectivity index (χ1n) is 10.7. The van der Waals surface area contributed by atoms with Crippen LogP contribution in [0, 0.1) is 22.9 Å². The van der Waals surface area contributed by atoms with Crippen LogP contribution in [-0.2, 0) is 0 Å². The number of halogens is 1. The molecule has 0 aliphatic carbocycles. The Hall–Kier alpha value is -5.12. The van der Waals surface area contributed by atoms with Gasteiger partial charge in [0.2, 0.25) is 0 Å². The summed E-state index contributed by atoms with van der Waals surface area (Å²) in [5.41, 5.74) is 4.04. The highest BCUT2D eigenvalue weighted by molar-refractivity contribution is 6.09. The van der Waals surface area contributed by atoms with Gasteiger partial charge in [0.15, 0.2) is 0 Å². The predicted octanol–water partition coefficient (Wildman–Crippen LogP) is 5.32. The van der Waals surface area contributed by atoms with Crippen LogP contribution < -0.4 is 10.7 Å². The van der Waals surface area contributed by atoms with Crippen LogP contribution >= 0.6 is 0 Å². The van der Waals surface area contributed by atoms with Gasteiger partial charge in [-0.3, -0.25) is 19.7 Å². The molecule has 0 saturated carbocycles. The van der Waals surface area contributed by atoms with Crippen molar-refractivity contribution in [1.82, 2.24) is 5.43 Å². The van der Waals surface area contributed by atoms with Crippen molar-refractivity contribution in [3.8, 4) is 11.3 Å². The van der Waals surface area contributed by atoms with Crippen LogP contribution in [0.15, 0.2) is 88.4 Å². The molecule has 9 nitrogen and oxygen atoms in total. The summed E-state index contributed by atoms with van der Waals surface area (Å²) in [4.78, 5) is 35.8. The lowest BCUT2D eigenvalue weighted by Crippen LogP contribution is -2.21. The van der Waals surface area contributed by atoms with Gasteiger partial charge >= 0.3 is 0 Å². The van der Waals surface area contributed by atoms with E-state index in [2.05, 4.69) is 15.8 Å². The minimum absolute atomic E-state index is 0.0171. The molecule has 0 saturated heterocycles. The third kappa shape index (κ3) is 5.33. The largest absolute Gasteiger partial charge is 0.455 e. The van der Waals surface area contributed by atoms with Crippen LogP contribution in [0.25, 0.3) is 11.3 Å². The number of para-hydroxylation sites is 1. The third-order valence-electron chi connectivity index (χ3n) is 5.28. The Bertz CT molecular complexity index is 1480. The predicted molar refractivity (Wildman–Crippen MR) is 131 cm³/mol. The van der Waals surface area contributed by atoms with Gasteiger partial charge in [-0.05, 0) is 55.5 Å². The number of furan rings is 1. The Morgan fingerprint density at radius 3 is 2.47 bits per heavy atom. The van der Waals surface area contributed by atoms with Crippen LogP contribution in [0.3, 0.4) is 0 Å². The molecule has 0 radical (unpaired) electrons. The van der Waals surface area contributed by atoms with Gasteiger partial charge in [-0.2, -0.15) is 5.10 Å². The van der Waals surface area contributed by atoms with Gasteiger partial charge < -0.3 is 9.73 Å². The summed E-state index contributed by atoms with van der Waals surface area (Å²) in [6, 6.07) is 19.3. The number of nitrogens with zero attached hydrogens (tertiary/aromatic N) is 2. The minimum atomic E-state index is -0.581. The first-order valence-corrected chi connectivity index (χ1v) is 10.7. The zero-order valence-corrected chi connectivity index (χ0v) is 18.9. The Balaban J connectivity index is 1.45. The summed E-state index contributed by atoms with van der Waals surface area (Å²) >= 11 is 0. The number of nitro groups is 1. The number of nitrogens with one attached hydrogen (secondary N) is 2. The minimum Gasteiger partial charge on any atom is -0.455 e. The van der Waals surface area contributed by atoms with E-state index < -0.39 is 22.6 Å². The van der Waals surface area contributed by atoms with Gasteiger partial charge in [-0.25, -0.2) is 9.82 Å². The van der Waals surface area contributed by atoms with Crippen molar-refractivity contribution < 1.29 is 23.3 Å². The van der Waals surface area contributed by atoms with E-state index in [1.165, 1.54) is 42.6 Å². The highest BCUT2D eigenvalue weighted by Gasteiger charge is 2.17. The fraction of sp³-hybridized carbons (Fsp3) is 0.0385. The molecule has 0 fully saturated rings. The molecule has 0 bridgehead atoms. The quantitative estimate of drug-likeness (QED) is 0.208. The molecule has 4 aromatic rings. The highest BCUT2D eigenvalue weighted by Crippen LogP contribution is 2.30. The van der Waals surface area contributed by atoms with Gasteiger partial charge in [-0.1, -0.05) is 24.3 Å². The molecule has 180 valence electrons. The number of amides is 2. The molecule has 4 rings (SSSR count). The molecule has 0 aliphatic heterocycles. The zero-order chi connectivity index (χ0) is 25.7. The van der Waals surface area contributed by atoms with Crippen molar-refractivity contribution in [2.45, 2.75) is 6.92 Å². The number of anilines is 1. The number of benzene rings is 3. The lowest BCUT2D eigenvalue weighted by atomic mass is 10.1. The topological polar surface area (TPSA) is 127 Å². The molecule has 2 N–H and O–H groups in total. The average Bonchev–Trinajstić information content (AvgIpc) is 3.33. The maximum absolute atomic E-state index is 13.1. The second-order valence-corrected chi connectivity index (χ2v) is 7.61. The second kappa shape index (κ2) is 10.4. The van der Waals surface area contributed by atoms with Crippen molar-refractivity contribution >= 4 is 29.4 Å². The van der Waals surface area contributed by atoms with Gasteiger partial charge in [0.05, 0.1) is 22.4 Å². The first-order chi connectivity index (χ1) is 17.3. The smallest absolute Gasteiger partial charge is 0.273 e. The van der Waals surface area contributed by atoms with Crippen LogP contribution in [0.1, 0.15) is 32.0 Å². The maximum atomic E-state index is 13.1. The lowest BCUT2D eigenvalue weighted by molar-refractivity contribution is -0.385. The molecular formula is C26H19FN4O5. The maximum Gasteiger partial charge on any atom is 0.273 e. The lowest BCUT2D eigenvalue weighted by Gasteiger charge is -2.10. The number of carbonyl (C=O) groups is 2. The number of hydrogen-bond acceptors (Lipinski definition) is 6. The molecule has 0 atom stereocenters. The van der Waals surface area contributed by atoms with Crippen LogP contribution in [0.5, 0.6) is 0 Å². The number of rotatable bonds is 7. The summed E-state index contributed by atoms with van der Waals surface area (Å²) in [5.74, 6) is -0.819. The standard InChI is InChI=1S/C26H19FN4O5/c1-16-20(6-4-8-23(16)31(34)35)24-14-13-19(36-24)15-28-30-26(33)21-5-2-3-7-22(21)29-25(32)17-9-11-18(27)12-10-17/h2-15H,1H3,(H,29,32)(H,30,33)/b28-15+. The monoisotopic (exact) mass is 486 g/mol. The van der Waals surface area contributed by atoms with E-state index in [0.717, 1.165) is 0 Å². The molecule has 10 heteroatoms. The van der Waals surface area contributed by atoms with E-state index in [0.29, 0.717) is 22.6 Å². The molecule has 1 heterocycles. The Labute approximate surface area is 204 Å². The van der Waals surface area contributed by atoms with Crippen LogP contribution in [-0.4, -0.2) is 23.0 Å². The molecular weight excluding hydrogens is 467 g/mol. The van der Waals surface area contributed by atoms with E-state index in [4.69, 9.17) is 4.42 Å². The summed E-state index contributed by atoms with van der Waals surface area (Å²) in [6.07, 6.45) is 1.29. The number of hydrazone groups is 1. The van der Waals surface area contributed by atoms with Crippen molar-refractivity contribution in [2.24, 2.45) is 5.10 Å². The van der Waals surface area contributed by atoms with Crippen molar-refractivity contribution in [2.75, 3.05) is 5.32 Å². The fourth-order valence-corrected chi connectivity index (χ4v) is 3.46. The van der Waals surface area contributed by atoms with E-state index in [1.807, 2.05) is 0 Å². The van der Waals surface area contributed by atoms with Gasteiger partial charge in [0, 0.05) is 22.8 Å². The van der Waals surface area contributed by atoms with Gasteiger partial charge in [-0.15, -0.1) is 0 Å². The first kappa shape index (κ1) is 24.0. The normalized spacial score (nSPS) is 10.8. The fourth-order valence-electron chi connectivity index (χ4n) is 3.46. The van der Waals surface area contributed by atoms with E-state index in [1.54, 1.807) is 49.4 Å². The number of carbonyl (C=O) groups excluding carboxylic acids is 2. The SMILES string of the molecule is Cc1c(-c2ccc(/C=N/NC(=O)c3ccccc3NC(=O)c3ccc(F)cc3)o2)cccc1[N+](=O)[O-]. The molecule has 0 spiro atoms. The van der Waals surface area contributed by atoms with E-state index >= 15 is 0 Å². The number of nitro benzene ring substituents is 1.